The minimum Gasteiger partial charge on any atom is -0.477 e. The first-order valence-electron chi connectivity index (χ1n) is 9.08. The lowest BCUT2D eigenvalue weighted by molar-refractivity contribution is -0.384. The van der Waals surface area contributed by atoms with Crippen LogP contribution < -0.4 is 14.8 Å². The lowest BCUT2D eigenvalue weighted by Gasteiger charge is -2.14. The van der Waals surface area contributed by atoms with Crippen LogP contribution in [-0.4, -0.2) is 34.2 Å². The normalized spacial score (nSPS) is 11.3. The van der Waals surface area contributed by atoms with Crippen LogP contribution in [0.1, 0.15) is 31.4 Å². The van der Waals surface area contributed by atoms with Crippen molar-refractivity contribution in [2.45, 2.75) is 32.5 Å². The van der Waals surface area contributed by atoms with Gasteiger partial charge in [0, 0.05) is 36.4 Å². The molecular formula is C19H19ClF3N3O4S. The van der Waals surface area contributed by atoms with Crippen molar-refractivity contribution in [3.63, 3.8) is 0 Å². The lowest BCUT2D eigenvalue weighted by atomic mass is 10.2. The average molecular weight is 478 g/mol. The first kappa shape index (κ1) is 24.6. The molecule has 2 rings (SSSR count). The monoisotopic (exact) mass is 477 g/mol. The summed E-state index contributed by atoms with van der Waals surface area (Å²) in [7, 11) is 0. The molecular weight excluding hydrogens is 459 g/mol. The third kappa shape index (κ3) is 7.51. The Morgan fingerprint density at radius 1 is 1.29 bits per heavy atom. The van der Waals surface area contributed by atoms with Crippen LogP contribution in [0.25, 0.3) is 0 Å². The largest absolute Gasteiger partial charge is 0.477 e. The topological polar surface area (TPSA) is 86.5 Å². The van der Waals surface area contributed by atoms with Crippen molar-refractivity contribution < 1.29 is 27.6 Å². The number of aromatic nitrogens is 1. The molecule has 12 heteroatoms. The van der Waals surface area contributed by atoms with Crippen LogP contribution in [0.5, 0.6) is 11.8 Å². The molecule has 1 N–H and O–H groups in total. The molecule has 0 amide bonds. The van der Waals surface area contributed by atoms with E-state index in [9.17, 15) is 23.3 Å². The highest BCUT2D eigenvalue weighted by Crippen LogP contribution is 2.33. The Kier molecular flexibility index (Phi) is 8.40. The molecule has 0 aliphatic carbocycles. The molecule has 1 heterocycles. The first-order valence-corrected chi connectivity index (χ1v) is 9.87. The van der Waals surface area contributed by atoms with Gasteiger partial charge in [-0.3, -0.25) is 10.1 Å². The third-order valence-electron chi connectivity index (χ3n) is 3.72. The Balaban J connectivity index is 1.93. The first-order chi connectivity index (χ1) is 14.5. The molecule has 7 nitrogen and oxygen atoms in total. The second kappa shape index (κ2) is 10.6. The molecule has 0 saturated heterocycles. The van der Waals surface area contributed by atoms with Gasteiger partial charge in [-0.05, 0) is 26.3 Å². The zero-order valence-corrected chi connectivity index (χ0v) is 18.1. The summed E-state index contributed by atoms with van der Waals surface area (Å²) in [6, 6.07) is 5.52. The van der Waals surface area contributed by atoms with E-state index >= 15 is 0 Å². The summed E-state index contributed by atoms with van der Waals surface area (Å²) in [5.74, 6) is -0.394. The van der Waals surface area contributed by atoms with Gasteiger partial charge in [0.15, 0.2) is 0 Å². The molecule has 0 saturated carbocycles. The fourth-order valence-corrected chi connectivity index (χ4v) is 2.91. The Bertz CT molecular complexity index is 957. The van der Waals surface area contributed by atoms with E-state index in [0.717, 1.165) is 12.1 Å². The number of nitro groups is 1. The number of rotatable bonds is 9. The van der Waals surface area contributed by atoms with Crippen molar-refractivity contribution in [3.05, 3.63) is 56.6 Å². The molecule has 168 valence electrons. The minimum atomic E-state index is -4.57. The van der Waals surface area contributed by atoms with Crippen LogP contribution in [0, 0.1) is 10.1 Å². The molecule has 0 aliphatic heterocycles. The van der Waals surface area contributed by atoms with Gasteiger partial charge in [-0.2, -0.15) is 18.2 Å². The second-order valence-electron chi connectivity index (χ2n) is 6.58. The van der Waals surface area contributed by atoms with E-state index in [0.29, 0.717) is 18.5 Å². The quantitative estimate of drug-likeness (QED) is 0.230. The highest BCUT2D eigenvalue weighted by Gasteiger charge is 2.32. The SMILES string of the molecule is CC(C)Oc1cc(C(F)(F)F)cc(OCCCNC(=S)c2cc([N+](=O)[O-])ccc2Cl)n1. The summed E-state index contributed by atoms with van der Waals surface area (Å²) in [5.41, 5.74) is -0.767. The predicted molar refractivity (Wildman–Crippen MR) is 113 cm³/mol. The molecule has 0 unspecified atom stereocenters. The molecule has 0 radical (unpaired) electrons. The average Bonchev–Trinajstić information content (AvgIpc) is 2.66. The van der Waals surface area contributed by atoms with E-state index in [1.807, 2.05) is 0 Å². The van der Waals surface area contributed by atoms with Crippen molar-refractivity contribution in [3.8, 4) is 11.8 Å². The van der Waals surface area contributed by atoms with E-state index in [-0.39, 0.29) is 40.2 Å². The Morgan fingerprint density at radius 3 is 2.58 bits per heavy atom. The zero-order chi connectivity index (χ0) is 23.2. The molecule has 31 heavy (non-hydrogen) atoms. The standard InChI is InChI=1S/C19H19ClF3N3O4S/c1-11(2)30-17-9-12(19(21,22)23)8-16(25-17)29-7-3-6-24-18(31)14-10-13(26(27)28)4-5-15(14)20/h4-5,8-11H,3,6-7H2,1-2H3,(H,24,31). The van der Waals surface area contributed by atoms with Crippen LogP contribution >= 0.6 is 23.8 Å². The summed E-state index contributed by atoms with van der Waals surface area (Å²) >= 11 is 11.2. The highest BCUT2D eigenvalue weighted by atomic mass is 35.5. The van der Waals surface area contributed by atoms with E-state index in [1.165, 1.54) is 18.2 Å². The number of alkyl halides is 3. The van der Waals surface area contributed by atoms with Gasteiger partial charge >= 0.3 is 6.18 Å². The maximum atomic E-state index is 13.1. The Labute approximate surface area is 186 Å². The van der Waals surface area contributed by atoms with Crippen LogP contribution in [0.4, 0.5) is 18.9 Å². The van der Waals surface area contributed by atoms with Crippen molar-refractivity contribution >= 4 is 34.5 Å². The van der Waals surface area contributed by atoms with Gasteiger partial charge < -0.3 is 14.8 Å². The number of nitrogens with zero attached hydrogens (tertiary/aromatic N) is 2. The maximum Gasteiger partial charge on any atom is 0.416 e. The number of benzene rings is 1. The zero-order valence-electron chi connectivity index (χ0n) is 16.5. The van der Waals surface area contributed by atoms with Crippen LogP contribution in [0.3, 0.4) is 0 Å². The molecule has 0 fully saturated rings. The fourth-order valence-electron chi connectivity index (χ4n) is 2.37. The number of nitrogens with one attached hydrogen (secondary N) is 1. The van der Waals surface area contributed by atoms with Gasteiger partial charge in [-0.1, -0.05) is 23.8 Å². The molecule has 1 aromatic heterocycles. The van der Waals surface area contributed by atoms with Gasteiger partial charge in [0.1, 0.15) is 4.99 Å². The summed E-state index contributed by atoms with van der Waals surface area (Å²) in [6.45, 7) is 3.69. The van der Waals surface area contributed by atoms with Crippen molar-refractivity contribution in [2.24, 2.45) is 0 Å². The van der Waals surface area contributed by atoms with Crippen LogP contribution in [-0.2, 0) is 6.18 Å². The van der Waals surface area contributed by atoms with E-state index < -0.39 is 16.7 Å². The smallest absolute Gasteiger partial charge is 0.416 e. The summed E-state index contributed by atoms with van der Waals surface area (Å²) in [5, 5.41) is 14.0. The highest BCUT2D eigenvalue weighted by molar-refractivity contribution is 7.80. The van der Waals surface area contributed by atoms with Crippen LogP contribution in [0.2, 0.25) is 5.02 Å². The number of hydrogen-bond donors (Lipinski definition) is 1. The van der Waals surface area contributed by atoms with E-state index in [4.69, 9.17) is 33.3 Å². The number of nitro benzene ring substituents is 1. The van der Waals surface area contributed by atoms with Crippen molar-refractivity contribution in [1.29, 1.82) is 0 Å². The fraction of sp³-hybridized carbons (Fsp3) is 0.368. The second-order valence-corrected chi connectivity index (χ2v) is 7.39. The predicted octanol–water partition coefficient (Wildman–Crippen LogP) is 5.18. The van der Waals surface area contributed by atoms with Gasteiger partial charge in [-0.15, -0.1) is 0 Å². The lowest BCUT2D eigenvalue weighted by Crippen LogP contribution is -2.25. The number of pyridine rings is 1. The molecule has 0 spiro atoms. The van der Waals surface area contributed by atoms with Gasteiger partial charge in [0.25, 0.3) is 5.69 Å². The van der Waals surface area contributed by atoms with Gasteiger partial charge in [0.2, 0.25) is 11.8 Å². The molecule has 2 aromatic rings. The van der Waals surface area contributed by atoms with Crippen molar-refractivity contribution in [2.75, 3.05) is 13.2 Å². The Hall–Kier alpha value is -2.66. The van der Waals surface area contributed by atoms with E-state index in [1.54, 1.807) is 13.8 Å². The number of hydrogen-bond acceptors (Lipinski definition) is 6. The summed E-state index contributed by atoms with van der Waals surface area (Å²) < 4.78 is 49.8. The summed E-state index contributed by atoms with van der Waals surface area (Å²) in [4.78, 5) is 14.5. The maximum absolute atomic E-state index is 13.1. The molecule has 0 aliphatic rings. The third-order valence-corrected chi connectivity index (χ3v) is 4.42. The number of ether oxygens (including phenoxy) is 2. The molecule has 0 atom stereocenters. The number of non-ortho nitro benzene ring substituents is 1. The van der Waals surface area contributed by atoms with Gasteiger partial charge in [0.05, 0.1) is 28.2 Å². The number of thiocarbonyl (C=S) groups is 1. The van der Waals surface area contributed by atoms with Gasteiger partial charge in [-0.25, -0.2) is 0 Å². The summed E-state index contributed by atoms with van der Waals surface area (Å²) in [6.07, 6.45) is -4.55. The van der Waals surface area contributed by atoms with Crippen molar-refractivity contribution in [1.82, 2.24) is 10.3 Å². The molecule has 1 aromatic carbocycles. The van der Waals surface area contributed by atoms with E-state index in [2.05, 4.69) is 10.3 Å². The van der Waals surface area contributed by atoms with Crippen LogP contribution in [0.15, 0.2) is 30.3 Å². The number of halogens is 4. The molecule has 0 bridgehead atoms. The Morgan fingerprint density at radius 2 is 1.97 bits per heavy atom. The minimum absolute atomic E-state index is 0.0493.